The number of nitrogens with two attached hydrogens (primary N) is 1. The summed E-state index contributed by atoms with van der Waals surface area (Å²) in [5, 5.41) is 3.84. The van der Waals surface area contributed by atoms with Gasteiger partial charge in [0, 0.05) is 5.56 Å². The fraction of sp³-hybridized carbons (Fsp3) is 0.385. The second-order valence-corrected chi connectivity index (χ2v) is 4.37. The SMILES string of the molecule is CCCC(N)c1nc(-c2cc(C)cc(F)c2)no1. The van der Waals surface area contributed by atoms with Crippen LogP contribution in [0, 0.1) is 12.7 Å². The van der Waals surface area contributed by atoms with Crippen molar-refractivity contribution >= 4 is 0 Å². The molecule has 0 amide bonds. The predicted octanol–water partition coefficient (Wildman–Crippen LogP) is 2.98. The Labute approximate surface area is 105 Å². The first-order chi connectivity index (χ1) is 8.60. The van der Waals surface area contributed by atoms with Crippen LogP contribution in [-0.4, -0.2) is 10.1 Å². The van der Waals surface area contributed by atoms with Gasteiger partial charge in [-0.15, -0.1) is 0 Å². The van der Waals surface area contributed by atoms with Crippen molar-refractivity contribution < 1.29 is 8.91 Å². The molecule has 0 bridgehead atoms. The molecule has 1 heterocycles. The van der Waals surface area contributed by atoms with Gasteiger partial charge in [-0.25, -0.2) is 4.39 Å². The van der Waals surface area contributed by atoms with Gasteiger partial charge in [0.25, 0.3) is 0 Å². The van der Waals surface area contributed by atoms with Gasteiger partial charge in [-0.3, -0.25) is 0 Å². The molecule has 0 aliphatic heterocycles. The number of hydrogen-bond donors (Lipinski definition) is 1. The number of nitrogens with zero attached hydrogens (tertiary/aromatic N) is 2. The molecule has 1 aromatic heterocycles. The minimum Gasteiger partial charge on any atom is -0.337 e. The van der Waals surface area contributed by atoms with Crippen molar-refractivity contribution in [2.45, 2.75) is 32.7 Å². The summed E-state index contributed by atoms with van der Waals surface area (Å²) < 4.78 is 18.4. The van der Waals surface area contributed by atoms with E-state index in [1.165, 1.54) is 12.1 Å². The molecule has 2 N–H and O–H groups in total. The van der Waals surface area contributed by atoms with Crippen molar-refractivity contribution in [1.82, 2.24) is 10.1 Å². The molecule has 0 spiro atoms. The van der Waals surface area contributed by atoms with Gasteiger partial charge in [-0.1, -0.05) is 18.5 Å². The van der Waals surface area contributed by atoms with Crippen molar-refractivity contribution in [2.75, 3.05) is 0 Å². The second kappa shape index (κ2) is 5.27. The molecule has 18 heavy (non-hydrogen) atoms. The van der Waals surface area contributed by atoms with Gasteiger partial charge in [0.2, 0.25) is 11.7 Å². The zero-order valence-corrected chi connectivity index (χ0v) is 10.5. The van der Waals surface area contributed by atoms with Gasteiger partial charge < -0.3 is 10.3 Å². The molecule has 96 valence electrons. The van der Waals surface area contributed by atoms with E-state index < -0.39 is 0 Å². The van der Waals surface area contributed by atoms with Crippen LogP contribution < -0.4 is 5.73 Å². The van der Waals surface area contributed by atoms with Crippen molar-refractivity contribution in [2.24, 2.45) is 5.73 Å². The molecule has 5 heteroatoms. The highest BCUT2D eigenvalue weighted by Gasteiger charge is 2.15. The maximum absolute atomic E-state index is 13.3. The van der Waals surface area contributed by atoms with Crippen LogP contribution in [0.15, 0.2) is 22.7 Å². The van der Waals surface area contributed by atoms with Crippen LogP contribution in [0.25, 0.3) is 11.4 Å². The minimum atomic E-state index is -0.311. The van der Waals surface area contributed by atoms with E-state index in [0.717, 1.165) is 18.4 Å². The summed E-state index contributed by atoms with van der Waals surface area (Å²) in [7, 11) is 0. The summed E-state index contributed by atoms with van der Waals surface area (Å²) >= 11 is 0. The predicted molar refractivity (Wildman–Crippen MR) is 66.3 cm³/mol. The fourth-order valence-corrected chi connectivity index (χ4v) is 1.80. The van der Waals surface area contributed by atoms with E-state index in [2.05, 4.69) is 10.1 Å². The van der Waals surface area contributed by atoms with E-state index in [1.54, 1.807) is 0 Å². The molecule has 0 aliphatic carbocycles. The molecule has 0 fully saturated rings. The van der Waals surface area contributed by atoms with Crippen LogP contribution in [0.1, 0.15) is 37.3 Å². The number of benzene rings is 1. The maximum atomic E-state index is 13.3. The quantitative estimate of drug-likeness (QED) is 0.904. The van der Waals surface area contributed by atoms with Gasteiger partial charge in [-0.05, 0) is 37.1 Å². The van der Waals surface area contributed by atoms with E-state index in [1.807, 2.05) is 19.9 Å². The summed E-state index contributed by atoms with van der Waals surface area (Å²) in [4.78, 5) is 4.21. The Bertz CT molecular complexity index is 519. The van der Waals surface area contributed by atoms with Gasteiger partial charge in [-0.2, -0.15) is 4.98 Å². The third-order valence-corrected chi connectivity index (χ3v) is 2.66. The van der Waals surface area contributed by atoms with E-state index >= 15 is 0 Å². The molecule has 1 aromatic carbocycles. The molecule has 1 unspecified atom stereocenters. The second-order valence-electron chi connectivity index (χ2n) is 4.37. The van der Waals surface area contributed by atoms with Crippen LogP contribution >= 0.6 is 0 Å². The summed E-state index contributed by atoms with van der Waals surface area (Å²) in [6, 6.07) is 4.38. The van der Waals surface area contributed by atoms with Crippen LogP contribution in [0.4, 0.5) is 4.39 Å². The largest absolute Gasteiger partial charge is 0.337 e. The normalized spacial score (nSPS) is 12.7. The third-order valence-electron chi connectivity index (χ3n) is 2.66. The number of aromatic nitrogens is 2. The van der Waals surface area contributed by atoms with Gasteiger partial charge >= 0.3 is 0 Å². The number of rotatable bonds is 4. The van der Waals surface area contributed by atoms with E-state index in [-0.39, 0.29) is 11.9 Å². The van der Waals surface area contributed by atoms with Crippen molar-refractivity contribution in [3.63, 3.8) is 0 Å². The van der Waals surface area contributed by atoms with Crippen molar-refractivity contribution in [3.8, 4) is 11.4 Å². The molecule has 1 atom stereocenters. The standard InChI is InChI=1S/C13H16FN3O/c1-3-4-11(15)13-16-12(17-18-13)9-5-8(2)6-10(14)7-9/h5-7,11H,3-4,15H2,1-2H3. The van der Waals surface area contributed by atoms with Crippen LogP contribution in [0.5, 0.6) is 0 Å². The summed E-state index contributed by atoms with van der Waals surface area (Å²) in [5.41, 5.74) is 7.30. The Hall–Kier alpha value is -1.75. The molecular weight excluding hydrogens is 233 g/mol. The summed E-state index contributed by atoms with van der Waals surface area (Å²) in [6.07, 6.45) is 1.72. The number of halogens is 1. The number of hydrogen-bond acceptors (Lipinski definition) is 4. The van der Waals surface area contributed by atoms with Gasteiger partial charge in [0.15, 0.2) is 0 Å². The molecular formula is C13H16FN3O. The van der Waals surface area contributed by atoms with Crippen molar-refractivity contribution in [1.29, 1.82) is 0 Å². The minimum absolute atomic E-state index is 0.258. The third kappa shape index (κ3) is 2.73. The first kappa shape index (κ1) is 12.7. The smallest absolute Gasteiger partial charge is 0.243 e. The van der Waals surface area contributed by atoms with E-state index in [9.17, 15) is 4.39 Å². The zero-order chi connectivity index (χ0) is 13.1. The maximum Gasteiger partial charge on any atom is 0.243 e. The molecule has 0 radical (unpaired) electrons. The average Bonchev–Trinajstić information content (AvgIpc) is 2.77. The van der Waals surface area contributed by atoms with E-state index in [0.29, 0.717) is 17.3 Å². The molecule has 0 saturated heterocycles. The molecule has 4 nitrogen and oxygen atoms in total. The Morgan fingerprint density at radius 2 is 2.17 bits per heavy atom. The van der Waals surface area contributed by atoms with Crippen LogP contribution in [-0.2, 0) is 0 Å². The monoisotopic (exact) mass is 249 g/mol. The zero-order valence-electron chi connectivity index (χ0n) is 10.5. The Balaban J connectivity index is 2.29. The highest BCUT2D eigenvalue weighted by Crippen LogP contribution is 2.21. The first-order valence-electron chi connectivity index (χ1n) is 5.97. The lowest BCUT2D eigenvalue weighted by Gasteiger charge is -2.02. The Morgan fingerprint density at radius 1 is 1.39 bits per heavy atom. The molecule has 0 saturated carbocycles. The highest BCUT2D eigenvalue weighted by atomic mass is 19.1. The fourth-order valence-electron chi connectivity index (χ4n) is 1.80. The van der Waals surface area contributed by atoms with E-state index in [4.69, 9.17) is 10.3 Å². The first-order valence-corrected chi connectivity index (χ1v) is 5.97. The molecule has 2 aromatic rings. The van der Waals surface area contributed by atoms with Crippen LogP contribution in [0.2, 0.25) is 0 Å². The molecule has 0 aliphatic rings. The molecule has 2 rings (SSSR count). The summed E-state index contributed by atoms with van der Waals surface area (Å²) in [5.74, 6) is 0.460. The summed E-state index contributed by atoms with van der Waals surface area (Å²) in [6.45, 7) is 3.85. The Morgan fingerprint density at radius 3 is 2.83 bits per heavy atom. The lowest BCUT2D eigenvalue weighted by atomic mass is 10.1. The highest BCUT2D eigenvalue weighted by molar-refractivity contribution is 5.55. The van der Waals surface area contributed by atoms with Crippen LogP contribution in [0.3, 0.4) is 0 Å². The lowest BCUT2D eigenvalue weighted by molar-refractivity contribution is 0.348. The van der Waals surface area contributed by atoms with Crippen molar-refractivity contribution in [3.05, 3.63) is 35.5 Å². The van der Waals surface area contributed by atoms with Gasteiger partial charge in [0.05, 0.1) is 6.04 Å². The lowest BCUT2D eigenvalue weighted by Crippen LogP contribution is -2.09. The van der Waals surface area contributed by atoms with Gasteiger partial charge in [0.1, 0.15) is 5.82 Å². The Kier molecular flexibility index (Phi) is 3.72. The average molecular weight is 249 g/mol. The number of aryl methyl sites for hydroxylation is 1. The topological polar surface area (TPSA) is 64.9 Å².